The van der Waals surface area contributed by atoms with Crippen LogP contribution in [0.15, 0.2) is 29.3 Å². The Bertz CT molecular complexity index is 555. The van der Waals surface area contributed by atoms with Crippen LogP contribution in [0, 0.1) is 5.82 Å². The Morgan fingerprint density at radius 3 is 2.56 bits per heavy atom. The molecule has 3 N–H and O–H groups in total. The standard InChI is InChI=1S/C18H28FN5O/c1-2-20-18(21-10-13-24-11-4-3-5-12-24)22-14-17(25)23-16-8-6-15(19)7-9-16/h6-9H,2-5,10-14H2,1H3,(H,23,25)(H2,20,21,22). The van der Waals surface area contributed by atoms with Crippen LogP contribution in [0.5, 0.6) is 0 Å². The number of carbonyl (C=O) groups excluding carboxylic acids is 1. The van der Waals surface area contributed by atoms with E-state index in [0.717, 1.165) is 32.7 Å². The van der Waals surface area contributed by atoms with E-state index in [-0.39, 0.29) is 18.3 Å². The molecule has 0 aromatic heterocycles. The zero-order valence-corrected chi connectivity index (χ0v) is 14.9. The molecule has 0 bridgehead atoms. The normalized spacial score (nSPS) is 15.7. The Morgan fingerprint density at radius 2 is 1.88 bits per heavy atom. The van der Waals surface area contributed by atoms with Gasteiger partial charge >= 0.3 is 0 Å². The predicted molar refractivity (Wildman–Crippen MR) is 99.3 cm³/mol. The lowest BCUT2D eigenvalue weighted by Gasteiger charge is -2.26. The number of carbonyl (C=O) groups is 1. The summed E-state index contributed by atoms with van der Waals surface area (Å²) in [5.41, 5.74) is 0.560. The highest BCUT2D eigenvalue weighted by Gasteiger charge is 2.09. The molecular formula is C18H28FN5O. The molecule has 0 radical (unpaired) electrons. The van der Waals surface area contributed by atoms with Crippen LogP contribution in [-0.4, -0.2) is 56.0 Å². The van der Waals surface area contributed by atoms with Gasteiger partial charge in [0.15, 0.2) is 5.96 Å². The minimum absolute atomic E-state index is 0.0103. The van der Waals surface area contributed by atoms with E-state index in [2.05, 4.69) is 25.8 Å². The number of anilines is 1. The Kier molecular flexibility index (Phi) is 8.18. The molecule has 1 aromatic carbocycles. The fraction of sp³-hybridized carbons (Fsp3) is 0.556. The third-order valence-corrected chi connectivity index (χ3v) is 4.02. The van der Waals surface area contributed by atoms with Gasteiger partial charge in [-0.25, -0.2) is 9.38 Å². The first-order valence-corrected chi connectivity index (χ1v) is 8.97. The van der Waals surface area contributed by atoms with Crippen LogP contribution in [0.1, 0.15) is 26.2 Å². The molecule has 1 fully saturated rings. The highest BCUT2D eigenvalue weighted by molar-refractivity contribution is 5.94. The van der Waals surface area contributed by atoms with Crippen molar-refractivity contribution in [2.24, 2.45) is 4.99 Å². The van der Waals surface area contributed by atoms with Gasteiger partial charge in [0.25, 0.3) is 0 Å². The van der Waals surface area contributed by atoms with E-state index in [1.54, 1.807) is 0 Å². The van der Waals surface area contributed by atoms with Gasteiger partial charge < -0.3 is 20.9 Å². The first-order valence-electron chi connectivity index (χ1n) is 8.97. The quantitative estimate of drug-likeness (QED) is 0.519. The van der Waals surface area contributed by atoms with E-state index in [0.29, 0.717) is 11.6 Å². The number of piperidine rings is 1. The van der Waals surface area contributed by atoms with Crippen molar-refractivity contribution >= 4 is 17.6 Å². The molecule has 1 aromatic rings. The van der Waals surface area contributed by atoms with E-state index < -0.39 is 0 Å². The molecule has 6 nitrogen and oxygen atoms in total. The number of halogens is 1. The Balaban J connectivity index is 1.75. The molecule has 1 saturated heterocycles. The number of aliphatic imine (C=N–C) groups is 1. The molecule has 0 atom stereocenters. The molecule has 0 spiro atoms. The molecule has 138 valence electrons. The fourth-order valence-corrected chi connectivity index (χ4v) is 2.74. The van der Waals surface area contributed by atoms with Crippen molar-refractivity contribution in [2.75, 3.05) is 44.6 Å². The zero-order chi connectivity index (χ0) is 17.9. The molecule has 0 unspecified atom stereocenters. The highest BCUT2D eigenvalue weighted by atomic mass is 19.1. The van der Waals surface area contributed by atoms with Crippen molar-refractivity contribution in [1.29, 1.82) is 0 Å². The number of amides is 1. The van der Waals surface area contributed by atoms with Gasteiger partial charge in [0.05, 0.1) is 0 Å². The second-order valence-corrected chi connectivity index (χ2v) is 6.08. The molecule has 1 heterocycles. The topological polar surface area (TPSA) is 68.8 Å². The molecule has 0 saturated carbocycles. The molecule has 1 aliphatic rings. The predicted octanol–water partition coefficient (Wildman–Crippen LogP) is 1.81. The minimum Gasteiger partial charge on any atom is -0.357 e. The van der Waals surface area contributed by atoms with Crippen LogP contribution >= 0.6 is 0 Å². The lowest BCUT2D eigenvalue weighted by atomic mass is 10.1. The summed E-state index contributed by atoms with van der Waals surface area (Å²) in [6, 6.07) is 5.67. The number of guanidine groups is 1. The lowest BCUT2D eigenvalue weighted by molar-refractivity contribution is -0.114. The summed E-state index contributed by atoms with van der Waals surface area (Å²) in [4.78, 5) is 18.7. The molecule has 0 aliphatic carbocycles. The third kappa shape index (κ3) is 7.51. The SMILES string of the molecule is CCNC(=NCC(=O)Nc1ccc(F)cc1)NCCN1CCCCC1. The second-order valence-electron chi connectivity index (χ2n) is 6.08. The first-order chi connectivity index (χ1) is 12.2. The lowest BCUT2D eigenvalue weighted by Crippen LogP contribution is -2.43. The van der Waals surface area contributed by atoms with Gasteiger partial charge in [-0.2, -0.15) is 0 Å². The maximum absolute atomic E-state index is 12.9. The summed E-state index contributed by atoms with van der Waals surface area (Å²) in [7, 11) is 0. The van der Waals surface area contributed by atoms with Crippen LogP contribution in [0.25, 0.3) is 0 Å². The van der Waals surface area contributed by atoms with E-state index >= 15 is 0 Å². The Hall–Kier alpha value is -2.15. The second kappa shape index (κ2) is 10.7. The molecule has 1 amide bonds. The monoisotopic (exact) mass is 349 g/mol. The van der Waals surface area contributed by atoms with Crippen molar-refractivity contribution in [3.63, 3.8) is 0 Å². The zero-order valence-electron chi connectivity index (χ0n) is 14.9. The molecule has 1 aliphatic heterocycles. The number of rotatable bonds is 7. The van der Waals surface area contributed by atoms with Gasteiger partial charge in [0, 0.05) is 25.3 Å². The van der Waals surface area contributed by atoms with Gasteiger partial charge in [-0.3, -0.25) is 4.79 Å². The minimum atomic E-state index is -0.330. The van der Waals surface area contributed by atoms with E-state index in [1.165, 1.54) is 43.5 Å². The van der Waals surface area contributed by atoms with Crippen molar-refractivity contribution in [3.05, 3.63) is 30.1 Å². The van der Waals surface area contributed by atoms with Crippen molar-refractivity contribution in [3.8, 4) is 0 Å². The smallest absolute Gasteiger partial charge is 0.246 e. The van der Waals surface area contributed by atoms with Gasteiger partial charge in [-0.05, 0) is 57.1 Å². The molecular weight excluding hydrogens is 321 g/mol. The Labute approximate surface area is 148 Å². The van der Waals surface area contributed by atoms with Crippen LogP contribution in [0.4, 0.5) is 10.1 Å². The fourth-order valence-electron chi connectivity index (χ4n) is 2.74. The van der Waals surface area contributed by atoms with E-state index in [9.17, 15) is 9.18 Å². The van der Waals surface area contributed by atoms with Gasteiger partial charge in [0.2, 0.25) is 5.91 Å². The summed E-state index contributed by atoms with van der Waals surface area (Å²) in [5.74, 6) is 0.0666. The van der Waals surface area contributed by atoms with E-state index in [1.807, 2.05) is 6.92 Å². The number of benzene rings is 1. The van der Waals surface area contributed by atoms with Crippen LogP contribution in [0.2, 0.25) is 0 Å². The highest BCUT2D eigenvalue weighted by Crippen LogP contribution is 2.08. The summed E-state index contributed by atoms with van der Waals surface area (Å²) >= 11 is 0. The summed E-state index contributed by atoms with van der Waals surface area (Å²) in [6.45, 7) is 6.83. The van der Waals surface area contributed by atoms with Gasteiger partial charge in [-0.1, -0.05) is 6.42 Å². The molecule has 2 rings (SSSR count). The first kappa shape index (κ1) is 19.2. The Morgan fingerprint density at radius 1 is 1.16 bits per heavy atom. The van der Waals surface area contributed by atoms with Crippen molar-refractivity contribution in [1.82, 2.24) is 15.5 Å². The van der Waals surface area contributed by atoms with Gasteiger partial charge in [0.1, 0.15) is 12.4 Å². The number of hydrogen-bond acceptors (Lipinski definition) is 3. The number of nitrogens with one attached hydrogen (secondary N) is 3. The van der Waals surface area contributed by atoms with E-state index in [4.69, 9.17) is 0 Å². The van der Waals surface area contributed by atoms with Crippen molar-refractivity contribution in [2.45, 2.75) is 26.2 Å². The maximum Gasteiger partial charge on any atom is 0.246 e. The summed E-state index contributed by atoms with van der Waals surface area (Å²) in [6.07, 6.45) is 3.88. The van der Waals surface area contributed by atoms with Crippen LogP contribution in [-0.2, 0) is 4.79 Å². The number of likely N-dealkylation sites (tertiary alicyclic amines) is 1. The molecule has 7 heteroatoms. The largest absolute Gasteiger partial charge is 0.357 e. The number of nitrogens with zero attached hydrogens (tertiary/aromatic N) is 2. The average Bonchev–Trinajstić information content (AvgIpc) is 2.62. The maximum atomic E-state index is 12.9. The van der Waals surface area contributed by atoms with Crippen LogP contribution < -0.4 is 16.0 Å². The third-order valence-electron chi connectivity index (χ3n) is 4.02. The molecule has 25 heavy (non-hydrogen) atoms. The van der Waals surface area contributed by atoms with Crippen molar-refractivity contribution < 1.29 is 9.18 Å². The number of hydrogen-bond donors (Lipinski definition) is 3. The summed E-state index contributed by atoms with van der Waals surface area (Å²) in [5, 5.41) is 9.10. The summed E-state index contributed by atoms with van der Waals surface area (Å²) < 4.78 is 12.9. The average molecular weight is 349 g/mol. The van der Waals surface area contributed by atoms with Gasteiger partial charge in [-0.15, -0.1) is 0 Å². The van der Waals surface area contributed by atoms with Crippen LogP contribution in [0.3, 0.4) is 0 Å².